The maximum Gasteiger partial charge on any atom is 0.416 e. The molecule has 0 aliphatic carbocycles. The summed E-state index contributed by atoms with van der Waals surface area (Å²) in [6.07, 6.45) is -1.79. The van der Waals surface area contributed by atoms with E-state index in [9.17, 15) is 18.0 Å². The number of carbonyl (C=O) groups excluding carboxylic acids is 1. The molecule has 1 aliphatic heterocycles. The van der Waals surface area contributed by atoms with Gasteiger partial charge in [-0.25, -0.2) is 4.79 Å². The molecule has 3 rings (SSSR count). The molecular weight excluding hydrogens is 405 g/mol. The number of hydrogen-bond donors (Lipinski definition) is 1. The van der Waals surface area contributed by atoms with Gasteiger partial charge in [-0.05, 0) is 75.4 Å². The number of hydrogen-bond acceptors (Lipinski definition) is 3. The van der Waals surface area contributed by atoms with E-state index >= 15 is 0 Å². The summed E-state index contributed by atoms with van der Waals surface area (Å²) < 4.78 is 44.2. The van der Waals surface area contributed by atoms with E-state index in [-0.39, 0.29) is 18.7 Å². The van der Waals surface area contributed by atoms with Crippen LogP contribution in [-0.4, -0.2) is 23.1 Å². The van der Waals surface area contributed by atoms with Crippen LogP contribution in [0, 0.1) is 0 Å². The zero-order chi connectivity index (χ0) is 22.6. The number of benzene rings is 2. The molecule has 7 heteroatoms. The standard InChI is InChI=1S/C24H29F3N2O2/c1-23(2,3)31-22(30)29-14-5-4-9-21(29)18-10-12-20(13-11-18)28-16-17-7-6-8-19(15-17)24(25,26)27/h6-8,10-13,15,21,28H,4-5,9,14,16H2,1-3H3. The van der Waals surface area contributed by atoms with E-state index in [1.165, 1.54) is 6.07 Å². The van der Waals surface area contributed by atoms with Crippen molar-refractivity contribution in [1.82, 2.24) is 4.90 Å². The molecule has 1 fully saturated rings. The molecule has 1 amide bonds. The molecule has 168 valence electrons. The molecule has 1 saturated heterocycles. The summed E-state index contributed by atoms with van der Waals surface area (Å²) in [5.41, 5.74) is 1.19. The monoisotopic (exact) mass is 434 g/mol. The number of rotatable bonds is 4. The fraction of sp³-hybridized carbons (Fsp3) is 0.458. The Morgan fingerprint density at radius 3 is 2.45 bits per heavy atom. The van der Waals surface area contributed by atoms with Crippen LogP contribution in [0.3, 0.4) is 0 Å². The molecule has 31 heavy (non-hydrogen) atoms. The van der Waals surface area contributed by atoms with Crippen LogP contribution in [0.25, 0.3) is 0 Å². The Hall–Kier alpha value is -2.70. The number of piperidine rings is 1. The molecule has 2 aromatic carbocycles. The SMILES string of the molecule is CC(C)(C)OC(=O)N1CCCCC1c1ccc(NCc2cccc(C(F)(F)F)c2)cc1. The van der Waals surface area contributed by atoms with Gasteiger partial charge in [0.2, 0.25) is 0 Å². The van der Waals surface area contributed by atoms with Gasteiger partial charge < -0.3 is 15.0 Å². The first-order valence-electron chi connectivity index (χ1n) is 10.5. The van der Waals surface area contributed by atoms with Crippen LogP contribution in [-0.2, 0) is 17.5 Å². The van der Waals surface area contributed by atoms with Crippen LogP contribution in [0.4, 0.5) is 23.7 Å². The lowest BCUT2D eigenvalue weighted by molar-refractivity contribution is -0.137. The van der Waals surface area contributed by atoms with Crippen molar-refractivity contribution in [2.24, 2.45) is 0 Å². The number of ether oxygens (including phenoxy) is 1. The van der Waals surface area contributed by atoms with Crippen LogP contribution in [0.2, 0.25) is 0 Å². The van der Waals surface area contributed by atoms with Gasteiger partial charge in [-0.15, -0.1) is 0 Å². The highest BCUT2D eigenvalue weighted by molar-refractivity contribution is 5.69. The number of nitrogens with zero attached hydrogens (tertiary/aromatic N) is 1. The van der Waals surface area contributed by atoms with Gasteiger partial charge in [0.25, 0.3) is 0 Å². The first-order valence-corrected chi connectivity index (χ1v) is 10.5. The van der Waals surface area contributed by atoms with Crippen molar-refractivity contribution in [3.8, 4) is 0 Å². The van der Waals surface area contributed by atoms with Gasteiger partial charge in [-0.1, -0.05) is 24.3 Å². The molecule has 1 N–H and O–H groups in total. The highest BCUT2D eigenvalue weighted by Crippen LogP contribution is 2.33. The third-order valence-electron chi connectivity index (χ3n) is 5.18. The van der Waals surface area contributed by atoms with Crippen LogP contribution < -0.4 is 5.32 Å². The normalized spacial score (nSPS) is 17.4. The predicted octanol–water partition coefficient (Wildman–Crippen LogP) is 6.78. The third kappa shape index (κ3) is 6.39. The summed E-state index contributed by atoms with van der Waals surface area (Å²) in [5.74, 6) is 0. The second-order valence-corrected chi connectivity index (χ2v) is 8.86. The van der Waals surface area contributed by atoms with Gasteiger partial charge in [-0.2, -0.15) is 13.2 Å². The quantitative estimate of drug-likeness (QED) is 0.577. The summed E-state index contributed by atoms with van der Waals surface area (Å²) in [5, 5.41) is 3.16. The predicted molar refractivity (Wildman–Crippen MR) is 115 cm³/mol. The molecule has 0 saturated carbocycles. The van der Waals surface area contributed by atoms with Crippen LogP contribution >= 0.6 is 0 Å². The van der Waals surface area contributed by atoms with E-state index < -0.39 is 17.3 Å². The van der Waals surface area contributed by atoms with Gasteiger partial charge in [-0.3, -0.25) is 0 Å². The van der Waals surface area contributed by atoms with E-state index in [0.29, 0.717) is 12.1 Å². The van der Waals surface area contributed by atoms with Crippen molar-refractivity contribution >= 4 is 11.8 Å². The maximum absolute atomic E-state index is 12.9. The van der Waals surface area contributed by atoms with Crippen molar-refractivity contribution in [2.45, 2.75) is 64.4 Å². The molecule has 2 aromatic rings. The minimum atomic E-state index is -4.35. The molecule has 1 aliphatic rings. The van der Waals surface area contributed by atoms with Gasteiger partial charge >= 0.3 is 12.3 Å². The number of amides is 1. The van der Waals surface area contributed by atoms with E-state index in [1.54, 1.807) is 11.0 Å². The van der Waals surface area contributed by atoms with E-state index in [4.69, 9.17) is 4.74 Å². The average Bonchev–Trinajstić information content (AvgIpc) is 2.71. The smallest absolute Gasteiger partial charge is 0.416 e. The summed E-state index contributed by atoms with van der Waals surface area (Å²) >= 11 is 0. The average molecular weight is 435 g/mol. The second-order valence-electron chi connectivity index (χ2n) is 8.86. The third-order valence-corrected chi connectivity index (χ3v) is 5.18. The zero-order valence-corrected chi connectivity index (χ0v) is 18.1. The molecule has 1 atom stereocenters. The van der Waals surface area contributed by atoms with Crippen molar-refractivity contribution in [2.75, 3.05) is 11.9 Å². The van der Waals surface area contributed by atoms with Crippen molar-refractivity contribution < 1.29 is 22.7 Å². The van der Waals surface area contributed by atoms with E-state index in [1.807, 2.05) is 45.0 Å². The molecule has 0 aromatic heterocycles. The molecule has 1 heterocycles. The Bertz CT molecular complexity index is 889. The van der Waals surface area contributed by atoms with E-state index in [0.717, 1.165) is 42.6 Å². The zero-order valence-electron chi connectivity index (χ0n) is 18.1. The molecule has 0 radical (unpaired) electrons. The Balaban J connectivity index is 1.66. The fourth-order valence-electron chi connectivity index (χ4n) is 3.70. The van der Waals surface area contributed by atoms with Crippen LogP contribution in [0.15, 0.2) is 48.5 Å². The molecule has 4 nitrogen and oxygen atoms in total. The van der Waals surface area contributed by atoms with Gasteiger partial charge in [0, 0.05) is 18.8 Å². The topological polar surface area (TPSA) is 41.6 Å². The van der Waals surface area contributed by atoms with Gasteiger partial charge in [0.15, 0.2) is 0 Å². The lowest BCUT2D eigenvalue weighted by atomic mass is 9.95. The summed E-state index contributed by atoms with van der Waals surface area (Å²) in [4.78, 5) is 14.4. The Labute approximate surface area is 181 Å². The molecule has 0 spiro atoms. The minimum absolute atomic E-state index is 0.0406. The number of carbonyl (C=O) groups is 1. The Morgan fingerprint density at radius 1 is 1.10 bits per heavy atom. The summed E-state index contributed by atoms with van der Waals surface area (Å²) in [6, 6.07) is 13.0. The summed E-state index contributed by atoms with van der Waals surface area (Å²) in [7, 11) is 0. The highest BCUT2D eigenvalue weighted by Gasteiger charge is 2.32. The number of halogens is 3. The van der Waals surface area contributed by atoms with Crippen LogP contribution in [0.1, 0.15) is 62.8 Å². The van der Waals surface area contributed by atoms with E-state index in [2.05, 4.69) is 5.32 Å². The van der Waals surface area contributed by atoms with Gasteiger partial charge in [0.05, 0.1) is 11.6 Å². The molecule has 1 unspecified atom stereocenters. The fourth-order valence-corrected chi connectivity index (χ4v) is 3.70. The minimum Gasteiger partial charge on any atom is -0.444 e. The largest absolute Gasteiger partial charge is 0.444 e. The Kier molecular flexibility index (Phi) is 6.82. The lowest BCUT2D eigenvalue weighted by Gasteiger charge is -2.37. The van der Waals surface area contributed by atoms with Crippen molar-refractivity contribution in [3.63, 3.8) is 0 Å². The number of nitrogens with one attached hydrogen (secondary N) is 1. The molecular formula is C24H29F3N2O2. The number of anilines is 1. The second kappa shape index (κ2) is 9.20. The summed E-state index contributed by atoms with van der Waals surface area (Å²) in [6.45, 7) is 6.52. The first kappa shape index (κ1) is 23.0. The number of alkyl halides is 3. The van der Waals surface area contributed by atoms with Crippen LogP contribution in [0.5, 0.6) is 0 Å². The lowest BCUT2D eigenvalue weighted by Crippen LogP contribution is -2.41. The maximum atomic E-state index is 12.9. The first-order chi connectivity index (χ1) is 14.5. The molecule has 0 bridgehead atoms. The number of likely N-dealkylation sites (tertiary alicyclic amines) is 1. The highest BCUT2D eigenvalue weighted by atomic mass is 19.4. The Morgan fingerprint density at radius 2 is 1.81 bits per heavy atom. The van der Waals surface area contributed by atoms with Crippen molar-refractivity contribution in [3.05, 3.63) is 65.2 Å². The van der Waals surface area contributed by atoms with Gasteiger partial charge in [0.1, 0.15) is 5.60 Å². The van der Waals surface area contributed by atoms with Crippen molar-refractivity contribution in [1.29, 1.82) is 0 Å².